The lowest BCUT2D eigenvalue weighted by Gasteiger charge is -2.35. The zero-order valence-corrected chi connectivity index (χ0v) is 60.6. The minimum absolute atomic E-state index is 0.0443. The highest BCUT2D eigenvalue weighted by molar-refractivity contribution is 5.96. The van der Waals surface area contributed by atoms with Gasteiger partial charge in [0.25, 0.3) is 22.9 Å². The van der Waals surface area contributed by atoms with Gasteiger partial charge in [0.15, 0.2) is 48.1 Å². The van der Waals surface area contributed by atoms with Crippen molar-refractivity contribution in [1.29, 1.82) is 0 Å². The van der Waals surface area contributed by atoms with Crippen LogP contribution in [0.4, 0.5) is 0 Å². The van der Waals surface area contributed by atoms with E-state index >= 15 is 0 Å². The summed E-state index contributed by atoms with van der Waals surface area (Å²) in [7, 11) is 4.13. The molecule has 10 rings (SSSR count). The number of fused-ring (bicyclic) bond motifs is 1. The van der Waals surface area contributed by atoms with Gasteiger partial charge in [0.05, 0.1) is 13.7 Å². The number of methoxy groups -OCH3 is 3. The lowest BCUT2D eigenvalue weighted by atomic mass is 10.0. The largest absolute Gasteiger partial charge is 0.497 e. The minimum Gasteiger partial charge on any atom is -0.497 e. The van der Waals surface area contributed by atoms with Gasteiger partial charge in [-0.05, 0) is 102 Å². The van der Waals surface area contributed by atoms with Gasteiger partial charge in [-0.2, -0.15) is 0 Å². The van der Waals surface area contributed by atoms with Gasteiger partial charge in [-0.3, -0.25) is 52.5 Å². The molecule has 20 atom stereocenters. The van der Waals surface area contributed by atoms with Crippen molar-refractivity contribution in [3.05, 3.63) is 120 Å². The van der Waals surface area contributed by atoms with Crippen molar-refractivity contribution < 1.29 is 106 Å². The number of hydrogen-bond acceptors (Lipinski definition) is 26. The van der Waals surface area contributed by atoms with Gasteiger partial charge >= 0.3 is 11.4 Å². The van der Waals surface area contributed by atoms with Crippen LogP contribution in [0, 0.1) is 0 Å². The van der Waals surface area contributed by atoms with Crippen LogP contribution < -0.4 is 60.0 Å². The number of amides is 6. The van der Waals surface area contributed by atoms with E-state index in [1.54, 1.807) is 45.2 Å². The zero-order valence-electron chi connectivity index (χ0n) is 60.6. The number of aromatic nitrogens is 4. The first-order valence-electron chi connectivity index (χ1n) is 35.8. The molecule has 36 heteroatoms. The molecule has 7 aliphatic rings. The Hall–Kier alpha value is -8.24. The minimum atomic E-state index is -1.81. The summed E-state index contributed by atoms with van der Waals surface area (Å²) in [5.41, 5.74) is 9.39. The summed E-state index contributed by atoms with van der Waals surface area (Å²) in [6.45, 7) is 9.11. The average molecular weight is 1500 g/mol. The van der Waals surface area contributed by atoms with E-state index in [9.17, 15) is 63.3 Å². The Morgan fingerprint density at radius 2 is 1.22 bits per heavy atom. The number of carbonyl (C=O) groups excluding carboxylic acids is 6. The number of primary amides is 2. The predicted octanol–water partition coefficient (Wildman–Crippen LogP) is -0.749. The molecule has 7 aliphatic heterocycles. The number of benzene rings is 1. The number of unbranched alkanes of at least 4 members (excludes halogenated alkanes) is 7. The van der Waals surface area contributed by atoms with Crippen LogP contribution in [0.15, 0.2) is 91.6 Å². The van der Waals surface area contributed by atoms with Crippen molar-refractivity contribution in [3.63, 3.8) is 0 Å². The molecule has 5 fully saturated rings. The Kier molecular flexibility index (Phi) is 29.0. The molecule has 2 aromatic heterocycles. The Bertz CT molecular complexity index is 3820. The molecule has 0 bridgehead atoms. The van der Waals surface area contributed by atoms with Gasteiger partial charge in [0, 0.05) is 57.4 Å². The number of rotatable bonds is 31. The third-order valence-electron chi connectivity index (χ3n) is 19.1. The van der Waals surface area contributed by atoms with E-state index < -0.39 is 175 Å². The van der Waals surface area contributed by atoms with Gasteiger partial charge in [0.1, 0.15) is 79.5 Å². The molecule has 36 nitrogen and oxygen atoms in total. The number of aliphatic hydroxyl groups excluding tert-OH is 3. The van der Waals surface area contributed by atoms with Crippen molar-refractivity contribution in [1.82, 2.24) is 40.0 Å². The summed E-state index contributed by atoms with van der Waals surface area (Å²) in [5, 5.41) is 43.7. The molecule has 586 valence electrons. The van der Waals surface area contributed by atoms with E-state index in [0.29, 0.717) is 37.9 Å². The number of hydrogen-bond donors (Lipinski definition) is 10. The van der Waals surface area contributed by atoms with E-state index in [4.69, 9.17) is 73.0 Å². The van der Waals surface area contributed by atoms with Gasteiger partial charge < -0.3 is 110 Å². The number of H-pyrrole nitrogens is 1. The number of aromatic amines is 1. The molecule has 5 saturated heterocycles. The number of carbonyl (C=O) groups is 6. The highest BCUT2D eigenvalue weighted by atomic mass is 16.8. The second-order valence-corrected chi connectivity index (χ2v) is 27.5. The van der Waals surface area contributed by atoms with E-state index in [1.165, 1.54) is 52.2 Å². The summed E-state index contributed by atoms with van der Waals surface area (Å²) in [5.74, 6) is -5.63. The molecule has 6 amide bonds. The molecule has 0 unspecified atom stereocenters. The van der Waals surface area contributed by atoms with Crippen LogP contribution in [0.2, 0.25) is 0 Å². The number of nitrogens with one attached hydrogen (secondary N) is 5. The summed E-state index contributed by atoms with van der Waals surface area (Å²) in [6, 6.07) is 7.46. The third-order valence-corrected chi connectivity index (χ3v) is 19.1. The van der Waals surface area contributed by atoms with Gasteiger partial charge in [0.2, 0.25) is 36.2 Å². The highest BCUT2D eigenvalue weighted by Gasteiger charge is 2.57. The lowest BCUT2D eigenvalue weighted by molar-refractivity contribution is -0.241. The van der Waals surface area contributed by atoms with Gasteiger partial charge in [-0.25, -0.2) is 14.2 Å². The van der Waals surface area contributed by atoms with Crippen LogP contribution in [-0.2, 0) is 98.9 Å². The van der Waals surface area contributed by atoms with Crippen LogP contribution in [0.1, 0.15) is 143 Å². The van der Waals surface area contributed by atoms with Crippen LogP contribution in [0.5, 0.6) is 5.75 Å². The van der Waals surface area contributed by atoms with Gasteiger partial charge in [-0.1, -0.05) is 64.0 Å². The highest BCUT2D eigenvalue weighted by Crippen LogP contribution is 2.40. The Labute approximate surface area is 609 Å². The molecule has 9 heterocycles. The van der Waals surface area contributed by atoms with Crippen molar-refractivity contribution in [2.45, 2.75) is 266 Å². The fourth-order valence-corrected chi connectivity index (χ4v) is 13.5. The second kappa shape index (κ2) is 37.5. The number of ether oxygens (including phenoxy) is 13. The van der Waals surface area contributed by atoms with Crippen molar-refractivity contribution in [3.8, 4) is 5.75 Å². The molecule has 0 aliphatic carbocycles. The lowest BCUT2D eigenvalue weighted by Crippen LogP contribution is -2.54. The molecule has 0 spiro atoms. The quantitative estimate of drug-likeness (QED) is 0.0354. The third kappa shape index (κ3) is 20.5. The van der Waals surface area contributed by atoms with Crippen molar-refractivity contribution >= 4 is 35.4 Å². The summed E-state index contributed by atoms with van der Waals surface area (Å²) in [4.78, 5) is 131. The number of aliphatic hydroxyl groups is 3. The maximum Gasteiger partial charge on any atom is 0.335 e. The predicted molar refractivity (Wildman–Crippen MR) is 368 cm³/mol. The van der Waals surface area contributed by atoms with Crippen LogP contribution >= 0.6 is 0 Å². The molecule has 0 radical (unpaired) electrons. The van der Waals surface area contributed by atoms with Crippen molar-refractivity contribution in [2.75, 3.05) is 27.9 Å². The van der Waals surface area contributed by atoms with E-state index in [1.807, 2.05) is 13.8 Å². The fraction of sp³-hybridized carbons (Fsp3) is 0.657. The zero-order chi connectivity index (χ0) is 76.7. The molecule has 106 heavy (non-hydrogen) atoms. The Morgan fingerprint density at radius 3 is 1.80 bits per heavy atom. The summed E-state index contributed by atoms with van der Waals surface area (Å²) in [6.07, 6.45) is -5.63. The van der Waals surface area contributed by atoms with Crippen LogP contribution in [0.3, 0.4) is 0 Å². The Morgan fingerprint density at radius 1 is 0.660 bits per heavy atom. The number of nitrogens with two attached hydrogens (primary N) is 2. The molecule has 0 saturated carbocycles. The topological polar surface area (TPSA) is 482 Å². The maximum absolute atomic E-state index is 13.6. The van der Waals surface area contributed by atoms with Crippen LogP contribution in [0.25, 0.3) is 0 Å². The van der Waals surface area contributed by atoms with Gasteiger partial charge in [-0.15, -0.1) is 0 Å². The van der Waals surface area contributed by atoms with Crippen LogP contribution in [-0.4, -0.2) is 213 Å². The maximum atomic E-state index is 13.6. The Balaban J connectivity index is 0.000000246. The first-order chi connectivity index (χ1) is 50.6. The standard InChI is InChI=1S/C36H47N5O14.C34H53N5O12/c1-18-7-6-8-21(31(45)38-18)39-32(46)23-15-22-26(55-36(2,3)54-22)34(51-23)53-29(30(37)44)28-27(49-5)25(43)33(52-28)40-14-13-24(42)41(35(40)47)17-50-16-19-9-11-20(48-4)12-10-19;1-4-5-6-7-8-9-10-11-17-48-28-25(47-3)26(50-32(28)39-16-15-23(41)38-34(39)46)27(29(35)43)51-33-24(42)21(40)18-22(49-33)31(45)37-20-14-12-13-19(2)36-30(20)44/h9-15,18,21-22,25-29,33-34,43H,6-8,16-17H2,1-5H3,(H2,37,44)(H,38,45)(H,39,46);15-16,18-21,24-28,32-33,40,42H,4-14,17H2,1-3H3,(H2,35,43)(H,36,44)(H,37,45)(H,38,41,46)/t18-,21+,22+,25-,26+,27+,28+,29-,33-,34-;19-,20+,21+,24+,25-,26+,27-,28-,32-,33-/m11/s1. The summed E-state index contributed by atoms with van der Waals surface area (Å²) < 4.78 is 79.0. The molecular formula is C70H100N10O26. The molecule has 1 aromatic carbocycles. The normalized spacial score (nSPS) is 30.4. The van der Waals surface area contributed by atoms with E-state index in [0.717, 1.165) is 75.8 Å². The first-order valence-corrected chi connectivity index (χ1v) is 35.8. The molecule has 3 aromatic rings. The first kappa shape index (κ1) is 81.8. The monoisotopic (exact) mass is 1500 g/mol. The van der Waals surface area contributed by atoms with E-state index in [-0.39, 0.29) is 42.9 Å². The molecular weight excluding hydrogens is 1400 g/mol. The van der Waals surface area contributed by atoms with Crippen molar-refractivity contribution in [2.24, 2.45) is 11.5 Å². The smallest absolute Gasteiger partial charge is 0.335 e. The second-order valence-electron chi connectivity index (χ2n) is 27.5. The molecule has 12 N–H and O–H groups in total. The SMILES string of the molecule is CCCCCCCCCCO[C@@H]1[C@H](OC)[C@@H]([C@@H](O[C@H]2OC(C(=O)N[C@H]3CCC[C@@H](C)NC3=O)=C[C@H](O)[C@@H]2O)C(N)=O)O[C@H]1n1ccc(=O)[nH]c1=O.COc1ccc(COCn2c(=O)ccn([C@@H]3O[C@H]([C@@H](O[C@H]4OC(C(=O)N[C@H]5CCC[C@@H](C)NC5=O)=C[C@@H]5OC(C)(C)O[C@H]45)C(N)=O)[C@@H](OC)[C@H]3O)c2=O)cc1. The summed E-state index contributed by atoms with van der Waals surface area (Å²) >= 11 is 0. The number of nitrogens with zero attached hydrogens (tertiary/aromatic N) is 3. The average Bonchev–Trinajstić information content (AvgIpc) is 1.61. The fourth-order valence-electron chi connectivity index (χ4n) is 13.5. The van der Waals surface area contributed by atoms with E-state index in [2.05, 4.69) is 33.2 Å².